The minimum atomic E-state index is -0.0157. The van der Waals surface area contributed by atoms with Crippen molar-refractivity contribution in [2.45, 2.75) is 19.3 Å². The first-order valence-corrected chi connectivity index (χ1v) is 18.7. The van der Waals surface area contributed by atoms with Gasteiger partial charge in [0.15, 0.2) is 0 Å². The van der Waals surface area contributed by atoms with Gasteiger partial charge in [0.2, 0.25) is 0 Å². The van der Waals surface area contributed by atoms with E-state index in [-0.39, 0.29) is 5.41 Å². The second kappa shape index (κ2) is 11.2. The highest BCUT2D eigenvalue weighted by molar-refractivity contribution is 6.23. The number of hydrogen-bond acceptors (Lipinski definition) is 0. The van der Waals surface area contributed by atoms with E-state index in [0.717, 1.165) is 0 Å². The molecule has 0 N–H and O–H groups in total. The highest BCUT2D eigenvalue weighted by Crippen LogP contribution is 2.49. The fraction of sp³-hybridized carbons (Fsp3) is 0.0566. The van der Waals surface area contributed by atoms with Gasteiger partial charge >= 0.3 is 0 Å². The molecular formula is C53H36. The van der Waals surface area contributed by atoms with E-state index in [1.807, 2.05) is 0 Å². The Hall–Kier alpha value is -6.50. The van der Waals surface area contributed by atoms with Gasteiger partial charge in [-0.15, -0.1) is 0 Å². The second-order valence-electron chi connectivity index (χ2n) is 15.3. The lowest BCUT2D eigenvalue weighted by Crippen LogP contribution is -2.14. The Kier molecular flexibility index (Phi) is 6.40. The first-order chi connectivity index (χ1) is 26.0. The van der Waals surface area contributed by atoms with Gasteiger partial charge in [0, 0.05) is 5.41 Å². The third-order valence-corrected chi connectivity index (χ3v) is 12.0. The third kappa shape index (κ3) is 4.62. The Morgan fingerprint density at radius 2 is 0.774 bits per heavy atom. The fourth-order valence-electron chi connectivity index (χ4n) is 9.20. The molecule has 0 atom stereocenters. The molecule has 0 unspecified atom stereocenters. The average molecular weight is 673 g/mol. The maximum absolute atomic E-state index is 2.42. The summed E-state index contributed by atoms with van der Waals surface area (Å²) in [6.45, 7) is 4.71. The molecule has 248 valence electrons. The monoisotopic (exact) mass is 672 g/mol. The molecular weight excluding hydrogens is 637 g/mol. The van der Waals surface area contributed by atoms with Gasteiger partial charge in [-0.25, -0.2) is 0 Å². The van der Waals surface area contributed by atoms with Crippen molar-refractivity contribution in [2.24, 2.45) is 0 Å². The van der Waals surface area contributed by atoms with Crippen LogP contribution >= 0.6 is 0 Å². The maximum Gasteiger partial charge on any atom is 0.0159 e. The van der Waals surface area contributed by atoms with Crippen molar-refractivity contribution in [1.29, 1.82) is 0 Å². The van der Waals surface area contributed by atoms with Gasteiger partial charge in [-0.05, 0) is 146 Å². The highest BCUT2D eigenvalue weighted by atomic mass is 14.4. The number of fused-ring (bicyclic) bond motifs is 10. The zero-order chi connectivity index (χ0) is 35.3. The molecule has 0 spiro atoms. The molecule has 1 aliphatic rings. The van der Waals surface area contributed by atoms with Crippen molar-refractivity contribution >= 4 is 53.9 Å². The largest absolute Gasteiger partial charge is 0.0619 e. The molecule has 10 aromatic carbocycles. The molecule has 0 fully saturated rings. The van der Waals surface area contributed by atoms with Crippen LogP contribution in [0.25, 0.3) is 98.4 Å². The van der Waals surface area contributed by atoms with Gasteiger partial charge in [0.25, 0.3) is 0 Å². The van der Waals surface area contributed by atoms with Crippen molar-refractivity contribution in [3.8, 4) is 44.5 Å². The van der Waals surface area contributed by atoms with Crippen LogP contribution in [0.2, 0.25) is 0 Å². The van der Waals surface area contributed by atoms with Crippen LogP contribution in [0, 0.1) is 0 Å². The summed E-state index contributed by atoms with van der Waals surface area (Å²) in [4.78, 5) is 0. The molecule has 0 radical (unpaired) electrons. The smallest absolute Gasteiger partial charge is 0.0159 e. The highest BCUT2D eigenvalue weighted by Gasteiger charge is 2.35. The number of rotatable bonds is 3. The van der Waals surface area contributed by atoms with Crippen LogP contribution in [0.3, 0.4) is 0 Å². The third-order valence-electron chi connectivity index (χ3n) is 12.0. The lowest BCUT2D eigenvalue weighted by atomic mass is 9.81. The Bertz CT molecular complexity index is 3140. The van der Waals surface area contributed by atoms with Crippen LogP contribution in [0.15, 0.2) is 182 Å². The first-order valence-electron chi connectivity index (χ1n) is 18.7. The topological polar surface area (TPSA) is 0 Å². The summed E-state index contributed by atoms with van der Waals surface area (Å²) in [6.07, 6.45) is 0. The average Bonchev–Trinajstić information content (AvgIpc) is 3.44. The van der Waals surface area contributed by atoms with Crippen LogP contribution < -0.4 is 0 Å². The zero-order valence-corrected chi connectivity index (χ0v) is 29.8. The molecule has 0 aromatic heterocycles. The van der Waals surface area contributed by atoms with E-state index in [4.69, 9.17) is 0 Å². The van der Waals surface area contributed by atoms with Crippen LogP contribution in [0.1, 0.15) is 25.0 Å². The fourth-order valence-corrected chi connectivity index (χ4v) is 9.20. The van der Waals surface area contributed by atoms with Crippen LogP contribution in [0.4, 0.5) is 0 Å². The summed E-state index contributed by atoms with van der Waals surface area (Å²) in [5, 5.41) is 12.8. The lowest BCUT2D eigenvalue weighted by Gasteiger charge is -2.22. The molecule has 0 saturated heterocycles. The SMILES string of the molecule is CC1(C)c2ccccc2-c2ccc(-c3ccc4ccc(-c5ccc6ccc(-c7cc8ccc9ccccc9c8c8ccccc78)cc6c5)cc4c3)cc21. The molecule has 1 aliphatic carbocycles. The Balaban J connectivity index is 0.990. The summed E-state index contributed by atoms with van der Waals surface area (Å²) in [6, 6.07) is 68.1. The summed E-state index contributed by atoms with van der Waals surface area (Å²) < 4.78 is 0. The van der Waals surface area contributed by atoms with Crippen molar-refractivity contribution < 1.29 is 0 Å². The first kappa shape index (κ1) is 30.2. The van der Waals surface area contributed by atoms with E-state index in [1.165, 1.54) is 109 Å². The van der Waals surface area contributed by atoms with E-state index in [9.17, 15) is 0 Å². The summed E-state index contributed by atoms with van der Waals surface area (Å²) in [5.41, 5.74) is 13.0. The summed E-state index contributed by atoms with van der Waals surface area (Å²) >= 11 is 0. The molecule has 53 heavy (non-hydrogen) atoms. The van der Waals surface area contributed by atoms with Crippen molar-refractivity contribution in [2.75, 3.05) is 0 Å². The van der Waals surface area contributed by atoms with Gasteiger partial charge in [0.1, 0.15) is 0 Å². The Morgan fingerprint density at radius 3 is 1.49 bits per heavy atom. The summed E-state index contributed by atoms with van der Waals surface area (Å²) in [7, 11) is 0. The van der Waals surface area contributed by atoms with Gasteiger partial charge < -0.3 is 0 Å². The van der Waals surface area contributed by atoms with Gasteiger partial charge in [-0.2, -0.15) is 0 Å². The molecule has 0 heteroatoms. The Labute approximate surface area is 309 Å². The van der Waals surface area contributed by atoms with Crippen LogP contribution in [-0.2, 0) is 5.41 Å². The molecule has 0 aliphatic heterocycles. The predicted molar refractivity (Wildman–Crippen MR) is 228 cm³/mol. The molecule has 0 nitrogen and oxygen atoms in total. The minimum Gasteiger partial charge on any atom is -0.0619 e. The molecule has 0 saturated carbocycles. The maximum atomic E-state index is 2.42. The van der Waals surface area contributed by atoms with Crippen molar-refractivity contribution in [3.63, 3.8) is 0 Å². The van der Waals surface area contributed by atoms with Gasteiger partial charge in [-0.1, -0.05) is 159 Å². The molecule has 10 aromatic rings. The van der Waals surface area contributed by atoms with E-state index in [0.29, 0.717) is 0 Å². The van der Waals surface area contributed by atoms with E-state index < -0.39 is 0 Å². The normalized spacial score (nSPS) is 13.2. The standard InChI is InChI=1S/C53H36/c1-53(2)50-14-8-7-12-46(50)47-26-25-39(32-51(47)53)38-22-17-33-15-20-36(27-42(33)29-38)37-21-16-34-18-23-40(30-43(34)28-37)49-31-41-24-19-35-9-3-4-10-44(35)52(41)48-13-6-5-11-45(48)49/h3-32H,1-2H3. The molecule has 0 amide bonds. The zero-order valence-electron chi connectivity index (χ0n) is 29.8. The Morgan fingerprint density at radius 1 is 0.283 bits per heavy atom. The predicted octanol–water partition coefficient (Wildman–Crippen LogP) is 14.8. The van der Waals surface area contributed by atoms with E-state index >= 15 is 0 Å². The van der Waals surface area contributed by atoms with E-state index in [1.54, 1.807) is 0 Å². The molecule has 11 rings (SSSR count). The number of benzene rings is 10. The molecule has 0 heterocycles. The van der Waals surface area contributed by atoms with E-state index in [2.05, 4.69) is 196 Å². The minimum absolute atomic E-state index is 0.0157. The van der Waals surface area contributed by atoms with Crippen LogP contribution in [-0.4, -0.2) is 0 Å². The van der Waals surface area contributed by atoms with Gasteiger partial charge in [0.05, 0.1) is 0 Å². The number of hydrogen-bond donors (Lipinski definition) is 0. The quantitative estimate of drug-likeness (QED) is 0.164. The summed E-state index contributed by atoms with van der Waals surface area (Å²) in [5.74, 6) is 0. The van der Waals surface area contributed by atoms with Crippen LogP contribution in [0.5, 0.6) is 0 Å². The lowest BCUT2D eigenvalue weighted by molar-refractivity contribution is 0.660. The van der Waals surface area contributed by atoms with Crippen molar-refractivity contribution in [3.05, 3.63) is 193 Å². The second-order valence-corrected chi connectivity index (χ2v) is 15.3. The van der Waals surface area contributed by atoms with Crippen molar-refractivity contribution in [1.82, 2.24) is 0 Å². The van der Waals surface area contributed by atoms with Gasteiger partial charge in [-0.3, -0.25) is 0 Å². The molecule has 0 bridgehead atoms.